The van der Waals surface area contributed by atoms with Gasteiger partial charge in [0.15, 0.2) is 0 Å². The van der Waals surface area contributed by atoms with E-state index in [9.17, 15) is 22.8 Å². The topological polar surface area (TPSA) is 119 Å². The van der Waals surface area contributed by atoms with E-state index in [4.69, 9.17) is 10.5 Å². The van der Waals surface area contributed by atoms with Crippen LogP contribution in [-0.4, -0.2) is 47.7 Å². The molecule has 174 valence electrons. The molecule has 0 aliphatic carbocycles. The van der Waals surface area contributed by atoms with Gasteiger partial charge in [0.1, 0.15) is 12.6 Å². The molecule has 11 heteroatoms. The first kappa shape index (κ1) is 23.8. The number of fused-ring (bicyclic) bond motifs is 1. The van der Waals surface area contributed by atoms with Crippen molar-refractivity contribution >= 4 is 40.0 Å². The number of carbonyl (C=O) groups excluding carboxylic acids is 1. The number of hydrogen-bond donors (Lipinski definition) is 5. The van der Waals surface area contributed by atoms with Crippen molar-refractivity contribution in [3.8, 4) is 0 Å². The molecular formula is C22H22F3N5O3. The summed E-state index contributed by atoms with van der Waals surface area (Å²) in [6.45, 7) is -1.95. The molecule has 3 aromatic rings. The van der Waals surface area contributed by atoms with Gasteiger partial charge < -0.3 is 31.0 Å². The van der Waals surface area contributed by atoms with Crippen LogP contribution in [0.15, 0.2) is 53.5 Å². The van der Waals surface area contributed by atoms with E-state index in [0.29, 0.717) is 22.3 Å². The van der Waals surface area contributed by atoms with Gasteiger partial charge in [0.2, 0.25) is 5.91 Å². The van der Waals surface area contributed by atoms with Crippen LogP contribution in [0.3, 0.4) is 0 Å². The van der Waals surface area contributed by atoms with Crippen LogP contribution in [0.2, 0.25) is 0 Å². The third-order valence-electron chi connectivity index (χ3n) is 4.99. The fraction of sp³-hybridized carbons (Fsp3) is 0.227. The van der Waals surface area contributed by atoms with E-state index in [-0.39, 0.29) is 5.39 Å². The third-order valence-corrected chi connectivity index (χ3v) is 4.99. The maximum Gasteiger partial charge on any atom is 0.410 e. The van der Waals surface area contributed by atoms with Crippen molar-refractivity contribution in [1.29, 1.82) is 5.41 Å². The minimum atomic E-state index is -4.81. The van der Waals surface area contributed by atoms with Crippen LogP contribution in [-0.2, 0) is 11.3 Å². The molecule has 33 heavy (non-hydrogen) atoms. The van der Waals surface area contributed by atoms with E-state index < -0.39 is 36.8 Å². The molecule has 0 spiro atoms. The van der Waals surface area contributed by atoms with Gasteiger partial charge in [-0.25, -0.2) is 0 Å². The molecule has 8 nitrogen and oxygen atoms in total. The second-order valence-corrected chi connectivity index (χ2v) is 7.18. The lowest BCUT2D eigenvalue weighted by atomic mass is 10.1. The number of aromatic nitrogens is 1. The van der Waals surface area contributed by atoms with Crippen LogP contribution in [0.4, 0.5) is 30.2 Å². The van der Waals surface area contributed by atoms with Crippen LogP contribution in [0.5, 0.6) is 0 Å². The van der Waals surface area contributed by atoms with Gasteiger partial charge >= 0.3 is 6.18 Å². The second-order valence-electron chi connectivity index (χ2n) is 7.18. The number of pyridine rings is 1. The smallest absolute Gasteiger partial charge is 0.394 e. The average Bonchev–Trinajstić information content (AvgIpc) is 2.78. The minimum Gasteiger partial charge on any atom is -0.394 e. The number of hydrogen-bond acceptors (Lipinski definition) is 6. The predicted molar refractivity (Wildman–Crippen MR) is 120 cm³/mol. The monoisotopic (exact) mass is 461 g/mol. The Bertz CT molecular complexity index is 1240. The summed E-state index contributed by atoms with van der Waals surface area (Å²) < 4.78 is 39.4. The van der Waals surface area contributed by atoms with Crippen molar-refractivity contribution in [1.82, 2.24) is 9.88 Å². The quantitative estimate of drug-likeness (QED) is 0.331. The van der Waals surface area contributed by atoms with Crippen LogP contribution < -0.4 is 21.5 Å². The van der Waals surface area contributed by atoms with Crippen molar-refractivity contribution in [2.45, 2.75) is 18.8 Å². The highest BCUT2D eigenvalue weighted by molar-refractivity contribution is 5.95. The number of nitrogens with one attached hydrogen (secondary N) is 4. The molecule has 1 unspecified atom stereocenters. The lowest BCUT2D eigenvalue weighted by Gasteiger charge is -2.19. The Balaban J connectivity index is 1.93. The standard InChI is InChI=1S/C22H22F3N5O3/c1-27-16-6-5-15(9-14(16)10-26)28-17-4-2-3-13-7-8-30(21(33)20(13)17)11-19(32)29-18(12-31)22(23,24)25/h2-10,18,26-28,31H,11-12H2,1H3,(H,29,32). The number of carbonyl (C=O) groups is 1. The fourth-order valence-corrected chi connectivity index (χ4v) is 3.33. The largest absolute Gasteiger partial charge is 0.410 e. The Morgan fingerprint density at radius 3 is 2.61 bits per heavy atom. The molecular weight excluding hydrogens is 439 g/mol. The number of rotatable bonds is 8. The second kappa shape index (κ2) is 9.74. The SMILES string of the molecule is CNc1ccc(Nc2cccc3ccn(CC(=O)NC(CO)C(F)(F)F)c(=O)c23)cc1C=N. The molecule has 3 rings (SSSR count). The zero-order valence-corrected chi connectivity index (χ0v) is 17.5. The molecule has 1 heterocycles. The summed E-state index contributed by atoms with van der Waals surface area (Å²) in [7, 11) is 1.73. The number of nitrogens with zero attached hydrogens (tertiary/aromatic N) is 1. The molecule has 0 bridgehead atoms. The number of alkyl halides is 3. The number of aliphatic hydroxyl groups is 1. The summed E-state index contributed by atoms with van der Waals surface area (Å²) in [5, 5.41) is 25.1. The molecule has 1 aromatic heterocycles. The van der Waals surface area contributed by atoms with Gasteiger partial charge in [0, 0.05) is 36.4 Å². The van der Waals surface area contributed by atoms with Gasteiger partial charge in [0.25, 0.3) is 5.56 Å². The Morgan fingerprint density at radius 2 is 1.97 bits per heavy atom. The van der Waals surface area contributed by atoms with Crippen molar-refractivity contribution in [3.05, 3.63) is 64.6 Å². The molecule has 0 saturated heterocycles. The molecule has 0 radical (unpaired) electrons. The first-order valence-corrected chi connectivity index (χ1v) is 9.86. The molecule has 0 saturated carbocycles. The first-order valence-electron chi connectivity index (χ1n) is 9.86. The van der Waals surface area contributed by atoms with E-state index in [1.807, 2.05) is 0 Å². The molecule has 1 amide bonds. The highest BCUT2D eigenvalue weighted by atomic mass is 19.4. The maximum absolute atomic E-state index is 13.1. The van der Waals surface area contributed by atoms with Crippen molar-refractivity contribution in [2.75, 3.05) is 24.3 Å². The van der Waals surface area contributed by atoms with E-state index in [0.717, 1.165) is 10.3 Å². The van der Waals surface area contributed by atoms with Gasteiger partial charge in [-0.05, 0) is 35.7 Å². The van der Waals surface area contributed by atoms with E-state index >= 15 is 0 Å². The van der Waals surface area contributed by atoms with Crippen LogP contribution in [0.25, 0.3) is 10.8 Å². The van der Waals surface area contributed by atoms with E-state index in [1.165, 1.54) is 12.4 Å². The Kier molecular flexibility index (Phi) is 7.02. The minimum absolute atomic E-state index is 0.247. The molecule has 1 atom stereocenters. The Morgan fingerprint density at radius 1 is 1.21 bits per heavy atom. The normalized spacial score (nSPS) is 12.3. The number of anilines is 3. The first-order chi connectivity index (χ1) is 15.7. The average molecular weight is 461 g/mol. The number of halogens is 3. The summed E-state index contributed by atoms with van der Waals surface area (Å²) in [6, 6.07) is 9.51. The lowest BCUT2D eigenvalue weighted by Crippen LogP contribution is -2.49. The van der Waals surface area contributed by atoms with Gasteiger partial charge in [-0.15, -0.1) is 0 Å². The number of benzene rings is 2. The maximum atomic E-state index is 13.1. The molecule has 0 aliphatic heterocycles. The molecule has 2 aromatic carbocycles. The van der Waals surface area contributed by atoms with E-state index in [2.05, 4.69) is 10.6 Å². The lowest BCUT2D eigenvalue weighted by molar-refractivity contribution is -0.168. The van der Waals surface area contributed by atoms with Crippen LogP contribution in [0.1, 0.15) is 5.56 Å². The van der Waals surface area contributed by atoms with Crippen molar-refractivity contribution < 1.29 is 23.1 Å². The highest BCUT2D eigenvalue weighted by Gasteiger charge is 2.40. The summed E-state index contributed by atoms with van der Waals surface area (Å²) in [6.07, 6.45) is -2.30. The molecule has 5 N–H and O–H groups in total. The Labute approximate surface area is 186 Å². The van der Waals surface area contributed by atoms with Crippen molar-refractivity contribution in [3.63, 3.8) is 0 Å². The zero-order chi connectivity index (χ0) is 24.2. The van der Waals surface area contributed by atoms with Gasteiger partial charge in [-0.2, -0.15) is 13.2 Å². The van der Waals surface area contributed by atoms with E-state index in [1.54, 1.807) is 54.8 Å². The van der Waals surface area contributed by atoms with Gasteiger partial charge in [0.05, 0.1) is 17.7 Å². The van der Waals surface area contributed by atoms with Crippen LogP contribution >= 0.6 is 0 Å². The Hall–Kier alpha value is -3.86. The highest BCUT2D eigenvalue weighted by Crippen LogP contribution is 2.26. The van der Waals surface area contributed by atoms with Crippen LogP contribution in [0, 0.1) is 5.41 Å². The van der Waals surface area contributed by atoms with Gasteiger partial charge in [-0.1, -0.05) is 12.1 Å². The van der Waals surface area contributed by atoms with Crippen molar-refractivity contribution in [2.24, 2.45) is 0 Å². The molecule has 0 aliphatic rings. The third kappa shape index (κ3) is 5.32. The number of amides is 1. The summed E-state index contributed by atoms with van der Waals surface area (Å²) in [5.74, 6) is -1.06. The summed E-state index contributed by atoms with van der Waals surface area (Å²) >= 11 is 0. The summed E-state index contributed by atoms with van der Waals surface area (Å²) in [4.78, 5) is 25.2. The predicted octanol–water partition coefficient (Wildman–Crippen LogP) is 2.82. The number of aliphatic hydroxyl groups excluding tert-OH is 1. The zero-order valence-electron chi connectivity index (χ0n) is 17.5. The fourth-order valence-electron chi connectivity index (χ4n) is 3.33. The summed E-state index contributed by atoms with van der Waals surface area (Å²) in [5.41, 5.74) is 1.85. The molecule has 0 fully saturated rings. The van der Waals surface area contributed by atoms with Gasteiger partial charge in [-0.3, -0.25) is 9.59 Å².